The van der Waals surface area contributed by atoms with Gasteiger partial charge in [-0.15, -0.1) is 0 Å². The molecule has 0 aliphatic rings. The summed E-state index contributed by atoms with van der Waals surface area (Å²) < 4.78 is 0. The first-order chi connectivity index (χ1) is 13.3. The Balaban J connectivity index is 1.90. The molecule has 8 nitrogen and oxygen atoms in total. The standard InChI is InChI=1S/C20H26N4O4/c1-13(2)9-16(22-12-15-6-4-8-18(24-15)20(27)28)11-21-10-14-5-3-7-17(23-14)19(25)26/h3-8,13,16,21-22H,9-12H2,1-2H3,(H,25,26)(H,27,28). The van der Waals surface area contributed by atoms with Crippen LogP contribution >= 0.6 is 0 Å². The molecular weight excluding hydrogens is 360 g/mol. The van der Waals surface area contributed by atoms with Gasteiger partial charge in [-0.2, -0.15) is 0 Å². The average Bonchev–Trinajstić information content (AvgIpc) is 2.66. The Morgan fingerprint density at radius 2 is 1.46 bits per heavy atom. The highest BCUT2D eigenvalue weighted by Crippen LogP contribution is 2.07. The summed E-state index contributed by atoms with van der Waals surface area (Å²) in [6, 6.07) is 10.0. The number of carboxylic acid groups (broad SMARTS) is 2. The zero-order chi connectivity index (χ0) is 20.5. The van der Waals surface area contributed by atoms with E-state index in [-0.39, 0.29) is 17.4 Å². The van der Waals surface area contributed by atoms with Crippen LogP contribution in [0.25, 0.3) is 0 Å². The fraction of sp³-hybridized carbons (Fsp3) is 0.400. The number of rotatable bonds is 11. The zero-order valence-electron chi connectivity index (χ0n) is 16.1. The highest BCUT2D eigenvalue weighted by molar-refractivity contribution is 5.85. The second kappa shape index (κ2) is 10.5. The van der Waals surface area contributed by atoms with E-state index in [1.807, 2.05) is 0 Å². The number of pyridine rings is 2. The maximum Gasteiger partial charge on any atom is 0.354 e. The molecule has 0 spiro atoms. The van der Waals surface area contributed by atoms with Gasteiger partial charge in [0, 0.05) is 25.7 Å². The predicted octanol–water partition coefficient (Wildman–Crippen LogP) is 2.17. The molecule has 0 bridgehead atoms. The highest BCUT2D eigenvalue weighted by Gasteiger charge is 2.12. The van der Waals surface area contributed by atoms with Crippen molar-refractivity contribution in [1.29, 1.82) is 0 Å². The van der Waals surface area contributed by atoms with Crippen molar-refractivity contribution in [2.24, 2.45) is 5.92 Å². The van der Waals surface area contributed by atoms with E-state index in [0.29, 0.717) is 36.9 Å². The fourth-order valence-electron chi connectivity index (χ4n) is 2.83. The molecule has 2 aromatic heterocycles. The third kappa shape index (κ3) is 7.05. The summed E-state index contributed by atoms with van der Waals surface area (Å²) in [6.45, 7) is 5.86. The van der Waals surface area contributed by atoms with Gasteiger partial charge in [0.05, 0.1) is 11.4 Å². The van der Waals surface area contributed by atoms with Crippen LogP contribution in [0.5, 0.6) is 0 Å². The topological polar surface area (TPSA) is 124 Å². The summed E-state index contributed by atoms with van der Waals surface area (Å²) in [5, 5.41) is 24.8. The van der Waals surface area contributed by atoms with Gasteiger partial charge in [-0.05, 0) is 36.6 Å². The lowest BCUT2D eigenvalue weighted by Gasteiger charge is -2.21. The van der Waals surface area contributed by atoms with Gasteiger partial charge in [0.1, 0.15) is 11.4 Å². The molecule has 0 saturated heterocycles. The van der Waals surface area contributed by atoms with E-state index < -0.39 is 11.9 Å². The Hall–Kier alpha value is -2.84. The van der Waals surface area contributed by atoms with Crippen molar-refractivity contribution in [3.05, 3.63) is 59.2 Å². The lowest BCUT2D eigenvalue weighted by Crippen LogP contribution is -2.39. The minimum absolute atomic E-state index is 0.0283. The van der Waals surface area contributed by atoms with Gasteiger partial charge in [-0.25, -0.2) is 19.6 Å². The first kappa shape index (κ1) is 21.5. The van der Waals surface area contributed by atoms with Crippen molar-refractivity contribution in [2.45, 2.75) is 39.4 Å². The van der Waals surface area contributed by atoms with Crippen molar-refractivity contribution in [2.75, 3.05) is 6.54 Å². The summed E-state index contributed by atoms with van der Waals surface area (Å²) in [5.41, 5.74) is 1.39. The number of hydrogen-bond donors (Lipinski definition) is 4. The van der Waals surface area contributed by atoms with Crippen LogP contribution in [0.1, 0.15) is 52.6 Å². The van der Waals surface area contributed by atoms with Crippen molar-refractivity contribution in [3.8, 4) is 0 Å². The lowest BCUT2D eigenvalue weighted by atomic mass is 10.0. The second-order valence-electron chi connectivity index (χ2n) is 6.98. The maximum atomic E-state index is 11.0. The van der Waals surface area contributed by atoms with E-state index in [0.717, 1.165) is 6.42 Å². The summed E-state index contributed by atoms with van der Waals surface area (Å²) in [7, 11) is 0. The first-order valence-corrected chi connectivity index (χ1v) is 9.17. The highest BCUT2D eigenvalue weighted by atomic mass is 16.4. The van der Waals surface area contributed by atoms with Gasteiger partial charge < -0.3 is 20.8 Å². The third-order valence-electron chi connectivity index (χ3n) is 4.08. The van der Waals surface area contributed by atoms with Gasteiger partial charge in [-0.3, -0.25) is 0 Å². The minimum Gasteiger partial charge on any atom is -0.477 e. The Bertz CT molecular complexity index is 810. The molecular formula is C20H26N4O4. The molecule has 2 heterocycles. The summed E-state index contributed by atoms with van der Waals surface area (Å²) >= 11 is 0. The molecule has 0 saturated carbocycles. The van der Waals surface area contributed by atoms with E-state index in [2.05, 4.69) is 34.4 Å². The van der Waals surface area contributed by atoms with Crippen LogP contribution in [0.2, 0.25) is 0 Å². The normalized spacial score (nSPS) is 12.1. The van der Waals surface area contributed by atoms with Crippen LogP contribution < -0.4 is 10.6 Å². The van der Waals surface area contributed by atoms with Crippen LogP contribution in [0.3, 0.4) is 0 Å². The minimum atomic E-state index is -1.04. The molecule has 28 heavy (non-hydrogen) atoms. The molecule has 0 radical (unpaired) electrons. The molecule has 2 aromatic rings. The number of nitrogens with one attached hydrogen (secondary N) is 2. The number of carbonyl (C=O) groups is 2. The largest absolute Gasteiger partial charge is 0.477 e. The second-order valence-corrected chi connectivity index (χ2v) is 6.98. The van der Waals surface area contributed by atoms with Crippen LogP contribution in [0, 0.1) is 5.92 Å². The molecule has 150 valence electrons. The third-order valence-corrected chi connectivity index (χ3v) is 4.08. The number of carboxylic acids is 2. The Morgan fingerprint density at radius 1 is 0.929 bits per heavy atom. The Labute approximate surface area is 164 Å². The van der Waals surface area contributed by atoms with Crippen molar-refractivity contribution < 1.29 is 19.8 Å². The van der Waals surface area contributed by atoms with Gasteiger partial charge >= 0.3 is 11.9 Å². The summed E-state index contributed by atoms with van der Waals surface area (Å²) in [4.78, 5) is 30.3. The van der Waals surface area contributed by atoms with E-state index >= 15 is 0 Å². The zero-order valence-corrected chi connectivity index (χ0v) is 16.1. The maximum absolute atomic E-state index is 11.0. The van der Waals surface area contributed by atoms with Crippen molar-refractivity contribution in [1.82, 2.24) is 20.6 Å². The molecule has 0 amide bonds. The monoisotopic (exact) mass is 386 g/mol. The molecule has 4 N–H and O–H groups in total. The number of hydrogen-bond acceptors (Lipinski definition) is 6. The number of nitrogens with zero attached hydrogens (tertiary/aromatic N) is 2. The van der Waals surface area contributed by atoms with E-state index in [4.69, 9.17) is 10.2 Å². The van der Waals surface area contributed by atoms with E-state index in [1.165, 1.54) is 12.1 Å². The van der Waals surface area contributed by atoms with Gasteiger partial charge in [-0.1, -0.05) is 26.0 Å². The SMILES string of the molecule is CC(C)CC(CNCc1cccc(C(=O)O)n1)NCc1cccc(C(=O)O)n1. The molecule has 0 aliphatic heterocycles. The molecule has 0 fully saturated rings. The van der Waals surface area contributed by atoms with Crippen LogP contribution in [0.4, 0.5) is 0 Å². The fourth-order valence-corrected chi connectivity index (χ4v) is 2.83. The molecule has 8 heteroatoms. The quantitative estimate of drug-likeness (QED) is 0.463. The van der Waals surface area contributed by atoms with Gasteiger partial charge in [0.15, 0.2) is 0 Å². The molecule has 1 atom stereocenters. The van der Waals surface area contributed by atoms with E-state index in [1.54, 1.807) is 24.3 Å². The van der Waals surface area contributed by atoms with Crippen LogP contribution in [-0.2, 0) is 13.1 Å². The first-order valence-electron chi connectivity index (χ1n) is 9.17. The lowest BCUT2D eigenvalue weighted by molar-refractivity contribution is 0.0679. The van der Waals surface area contributed by atoms with Crippen molar-refractivity contribution >= 4 is 11.9 Å². The predicted molar refractivity (Wildman–Crippen MR) is 104 cm³/mol. The van der Waals surface area contributed by atoms with Crippen molar-refractivity contribution in [3.63, 3.8) is 0 Å². The van der Waals surface area contributed by atoms with Gasteiger partial charge in [0.2, 0.25) is 0 Å². The average molecular weight is 386 g/mol. The summed E-state index contributed by atoms with van der Waals surface area (Å²) in [6.07, 6.45) is 0.925. The van der Waals surface area contributed by atoms with Crippen LogP contribution in [-0.4, -0.2) is 44.7 Å². The molecule has 0 aliphatic carbocycles. The molecule has 0 aromatic carbocycles. The van der Waals surface area contributed by atoms with Gasteiger partial charge in [0.25, 0.3) is 0 Å². The Kier molecular flexibility index (Phi) is 8.03. The number of aromatic carboxylic acids is 2. The Morgan fingerprint density at radius 3 is 1.96 bits per heavy atom. The number of aromatic nitrogens is 2. The van der Waals surface area contributed by atoms with E-state index in [9.17, 15) is 9.59 Å². The molecule has 1 unspecified atom stereocenters. The molecule has 2 rings (SSSR count). The summed E-state index contributed by atoms with van der Waals surface area (Å²) in [5.74, 6) is -1.61. The smallest absolute Gasteiger partial charge is 0.354 e. The van der Waals surface area contributed by atoms with Crippen LogP contribution in [0.15, 0.2) is 36.4 Å².